The van der Waals surface area contributed by atoms with Crippen molar-refractivity contribution in [2.45, 2.75) is 26.1 Å². The van der Waals surface area contributed by atoms with Gasteiger partial charge in [0, 0.05) is 17.0 Å². The third-order valence-electron chi connectivity index (χ3n) is 4.24. The fourth-order valence-corrected chi connectivity index (χ4v) is 3.27. The summed E-state index contributed by atoms with van der Waals surface area (Å²) in [6.45, 7) is 3.21. The molecule has 7 heteroatoms. The average Bonchev–Trinajstić information content (AvgIpc) is 2.72. The molecule has 1 saturated heterocycles. The fourth-order valence-electron chi connectivity index (χ4n) is 3.03. The zero-order valence-corrected chi connectivity index (χ0v) is 13.9. The van der Waals surface area contributed by atoms with E-state index in [2.05, 4.69) is 5.43 Å². The number of amides is 1. The Kier molecular flexibility index (Phi) is 4.00. The number of hydrogen-bond acceptors (Lipinski definition) is 2. The molecule has 3 rings (SSSR count). The number of fused-ring (bicyclic) bond motifs is 1. The van der Waals surface area contributed by atoms with Crippen LogP contribution >= 0.6 is 11.6 Å². The minimum atomic E-state index is -4.55. The van der Waals surface area contributed by atoms with Crippen LogP contribution in [0.25, 0.3) is 10.8 Å². The minimum absolute atomic E-state index is 0.0348. The third kappa shape index (κ3) is 2.84. The molecule has 0 saturated carbocycles. The topological polar surface area (TPSA) is 32.3 Å². The molecular formula is C17H16ClF3N2O. The molecule has 1 heterocycles. The van der Waals surface area contributed by atoms with Crippen molar-refractivity contribution < 1.29 is 18.0 Å². The molecular weight excluding hydrogens is 341 g/mol. The first-order valence-electron chi connectivity index (χ1n) is 7.43. The van der Waals surface area contributed by atoms with E-state index >= 15 is 0 Å². The van der Waals surface area contributed by atoms with Crippen LogP contribution in [-0.4, -0.2) is 23.6 Å². The number of nitrogens with zero attached hydrogens (tertiary/aromatic N) is 1. The van der Waals surface area contributed by atoms with Crippen LogP contribution in [-0.2, 0) is 4.79 Å². The van der Waals surface area contributed by atoms with Crippen LogP contribution in [0.2, 0.25) is 5.02 Å². The highest BCUT2D eigenvalue weighted by Crippen LogP contribution is 2.43. The van der Waals surface area contributed by atoms with Crippen LogP contribution in [0.5, 0.6) is 0 Å². The number of alkyl halides is 3. The summed E-state index contributed by atoms with van der Waals surface area (Å²) in [6.07, 6.45) is -4.55. The average molecular weight is 357 g/mol. The Balaban J connectivity index is 2.16. The van der Waals surface area contributed by atoms with E-state index < -0.39 is 23.5 Å². The van der Waals surface area contributed by atoms with Crippen molar-refractivity contribution in [3.8, 4) is 0 Å². The molecule has 128 valence electrons. The number of nitrogens with one attached hydrogen (secondary N) is 1. The van der Waals surface area contributed by atoms with E-state index in [1.54, 1.807) is 44.2 Å². The smallest absolute Gasteiger partial charge is 0.287 e. The van der Waals surface area contributed by atoms with E-state index in [0.717, 1.165) is 5.01 Å². The number of rotatable bonds is 2. The molecule has 24 heavy (non-hydrogen) atoms. The van der Waals surface area contributed by atoms with E-state index in [4.69, 9.17) is 11.6 Å². The highest BCUT2D eigenvalue weighted by molar-refractivity contribution is 6.35. The first kappa shape index (κ1) is 17.0. The number of carbonyl (C=O) groups is 1. The lowest BCUT2D eigenvalue weighted by Gasteiger charge is -2.30. The van der Waals surface area contributed by atoms with Crippen LogP contribution in [0.3, 0.4) is 0 Å². The largest absolute Gasteiger partial charge is 0.409 e. The molecule has 0 aliphatic carbocycles. The Bertz CT molecular complexity index is 804. The summed E-state index contributed by atoms with van der Waals surface area (Å²) in [5.74, 6) is -0.421. The summed E-state index contributed by atoms with van der Waals surface area (Å²) in [4.78, 5) is 11.9. The number of hydrogen-bond donors (Lipinski definition) is 1. The maximum atomic E-state index is 13.8. The molecule has 0 spiro atoms. The van der Waals surface area contributed by atoms with Crippen LogP contribution in [0.1, 0.15) is 25.5 Å². The van der Waals surface area contributed by atoms with Crippen molar-refractivity contribution in [2.75, 3.05) is 6.54 Å². The third-order valence-corrected chi connectivity index (χ3v) is 4.57. The van der Waals surface area contributed by atoms with Gasteiger partial charge in [0.25, 0.3) is 0 Å². The molecule has 1 N–H and O–H groups in total. The quantitative estimate of drug-likeness (QED) is 0.861. The molecule has 1 aliphatic heterocycles. The van der Waals surface area contributed by atoms with Crippen molar-refractivity contribution in [2.24, 2.45) is 5.41 Å². The first-order valence-corrected chi connectivity index (χ1v) is 7.80. The summed E-state index contributed by atoms with van der Waals surface area (Å²) < 4.78 is 41.5. The minimum Gasteiger partial charge on any atom is -0.287 e. The van der Waals surface area contributed by atoms with Gasteiger partial charge in [0.1, 0.15) is 0 Å². The van der Waals surface area contributed by atoms with Crippen LogP contribution in [0.4, 0.5) is 13.2 Å². The second-order valence-electron chi connectivity index (χ2n) is 6.58. The van der Waals surface area contributed by atoms with Gasteiger partial charge >= 0.3 is 6.18 Å². The molecule has 3 nitrogen and oxygen atoms in total. The van der Waals surface area contributed by atoms with Gasteiger partial charge in [-0.2, -0.15) is 13.2 Å². The van der Waals surface area contributed by atoms with E-state index in [0.29, 0.717) is 15.8 Å². The fraction of sp³-hybridized carbons (Fsp3) is 0.353. The second-order valence-corrected chi connectivity index (χ2v) is 6.99. The van der Waals surface area contributed by atoms with E-state index in [9.17, 15) is 18.0 Å². The summed E-state index contributed by atoms with van der Waals surface area (Å²) in [7, 11) is 0. The molecule has 0 unspecified atom stereocenters. The molecule has 1 fully saturated rings. The van der Waals surface area contributed by atoms with Gasteiger partial charge in [-0.1, -0.05) is 41.9 Å². The van der Waals surface area contributed by atoms with Crippen molar-refractivity contribution in [3.05, 3.63) is 47.0 Å². The Labute approximate surface area is 142 Å². The summed E-state index contributed by atoms with van der Waals surface area (Å²) >= 11 is 6.11. The van der Waals surface area contributed by atoms with Crippen molar-refractivity contribution in [1.82, 2.24) is 10.4 Å². The molecule has 0 bridgehead atoms. The maximum Gasteiger partial charge on any atom is 0.409 e. The summed E-state index contributed by atoms with van der Waals surface area (Å²) in [6, 6.07) is 7.58. The standard InChI is InChI=1S/C17H16ClF3N2O/c1-16(2)9-23(22-15(16)24)14(17(19,20)21)12-7-3-6-11-10(12)5-4-8-13(11)18/h3-8,14H,9H2,1-2H3,(H,22,24)/t14-/m0/s1. The zero-order chi connectivity index (χ0) is 17.7. The Morgan fingerprint density at radius 2 is 1.79 bits per heavy atom. The van der Waals surface area contributed by atoms with Gasteiger partial charge in [0.2, 0.25) is 5.91 Å². The lowest BCUT2D eigenvalue weighted by Crippen LogP contribution is -2.43. The number of hydrazine groups is 1. The first-order chi connectivity index (χ1) is 11.1. The van der Waals surface area contributed by atoms with Gasteiger partial charge in [-0.25, -0.2) is 5.01 Å². The highest BCUT2D eigenvalue weighted by Gasteiger charge is 2.51. The van der Waals surface area contributed by atoms with E-state index in [1.807, 2.05) is 0 Å². The number of benzene rings is 2. The van der Waals surface area contributed by atoms with Crippen LogP contribution in [0.15, 0.2) is 36.4 Å². The predicted octanol–water partition coefficient (Wildman–Crippen LogP) is 4.47. The summed E-state index contributed by atoms with van der Waals surface area (Å²) in [5.41, 5.74) is 1.56. The SMILES string of the molecule is CC1(C)CN([C@@H](c2cccc3c(Cl)cccc23)C(F)(F)F)NC1=O. The Hall–Kier alpha value is -1.79. The van der Waals surface area contributed by atoms with Gasteiger partial charge in [0.15, 0.2) is 6.04 Å². The van der Waals surface area contributed by atoms with Crippen molar-refractivity contribution in [3.63, 3.8) is 0 Å². The monoisotopic (exact) mass is 356 g/mol. The maximum absolute atomic E-state index is 13.8. The Morgan fingerprint density at radius 3 is 2.38 bits per heavy atom. The molecule has 1 amide bonds. The van der Waals surface area contributed by atoms with Crippen LogP contribution in [0, 0.1) is 5.41 Å². The lowest BCUT2D eigenvalue weighted by atomic mass is 9.93. The molecule has 1 aliphatic rings. The van der Waals surface area contributed by atoms with Gasteiger partial charge < -0.3 is 0 Å². The normalized spacial score (nSPS) is 19.5. The van der Waals surface area contributed by atoms with Gasteiger partial charge in [-0.15, -0.1) is 0 Å². The van der Waals surface area contributed by atoms with Crippen molar-refractivity contribution in [1.29, 1.82) is 0 Å². The van der Waals surface area contributed by atoms with Gasteiger partial charge in [-0.3, -0.25) is 10.2 Å². The van der Waals surface area contributed by atoms with Gasteiger partial charge in [-0.05, 0) is 30.9 Å². The zero-order valence-electron chi connectivity index (χ0n) is 13.1. The lowest BCUT2D eigenvalue weighted by molar-refractivity contribution is -0.191. The molecule has 1 atom stereocenters. The molecule has 0 aromatic heterocycles. The predicted molar refractivity (Wildman–Crippen MR) is 86.4 cm³/mol. The molecule has 0 radical (unpaired) electrons. The second kappa shape index (κ2) is 5.63. The Morgan fingerprint density at radius 1 is 1.17 bits per heavy atom. The highest BCUT2D eigenvalue weighted by atomic mass is 35.5. The summed E-state index contributed by atoms with van der Waals surface area (Å²) in [5, 5.41) is 2.33. The van der Waals surface area contributed by atoms with Crippen molar-refractivity contribution >= 4 is 28.3 Å². The van der Waals surface area contributed by atoms with E-state index in [-0.39, 0.29) is 12.1 Å². The number of halogens is 4. The molecule has 2 aromatic carbocycles. The van der Waals surface area contributed by atoms with Crippen LogP contribution < -0.4 is 5.43 Å². The van der Waals surface area contributed by atoms with E-state index in [1.165, 1.54) is 6.07 Å². The number of carbonyl (C=O) groups excluding carboxylic acids is 1. The molecule has 2 aromatic rings. The van der Waals surface area contributed by atoms with Gasteiger partial charge in [0.05, 0.1) is 5.41 Å².